The highest BCUT2D eigenvalue weighted by Crippen LogP contribution is 2.15. The summed E-state index contributed by atoms with van der Waals surface area (Å²) < 4.78 is 0. The summed E-state index contributed by atoms with van der Waals surface area (Å²) in [5.74, 6) is -0.514. The zero-order valence-electron chi connectivity index (χ0n) is 28.1. The predicted molar refractivity (Wildman–Crippen MR) is 181 cm³/mol. The maximum absolute atomic E-state index is 12.4. The minimum absolute atomic E-state index is 0.375. The average molecular weight is 594 g/mol. The molecule has 0 aromatic rings. The van der Waals surface area contributed by atoms with Crippen LogP contribution < -0.4 is 5.32 Å². The molecule has 5 nitrogen and oxygen atoms in total. The first-order chi connectivity index (χ1) is 20.5. The molecule has 3 unspecified atom stereocenters. The number of amides is 1. The molecule has 0 aliphatic rings. The molecule has 0 aromatic heterocycles. The van der Waals surface area contributed by atoms with E-state index in [1.807, 2.05) is 6.08 Å². The second-order valence-corrected chi connectivity index (χ2v) is 12.6. The molecule has 0 saturated carbocycles. The smallest absolute Gasteiger partial charge is 0.249 e. The zero-order chi connectivity index (χ0) is 31.1. The molecular weight excluding hydrogens is 522 g/mol. The van der Waals surface area contributed by atoms with Crippen molar-refractivity contribution in [1.82, 2.24) is 5.32 Å². The van der Waals surface area contributed by atoms with Gasteiger partial charge in [-0.25, -0.2) is 0 Å². The van der Waals surface area contributed by atoms with Crippen LogP contribution in [0, 0.1) is 0 Å². The number of nitrogens with one attached hydrogen (secondary N) is 1. The van der Waals surface area contributed by atoms with Gasteiger partial charge in [0, 0.05) is 0 Å². The maximum Gasteiger partial charge on any atom is 0.249 e. The van der Waals surface area contributed by atoms with Crippen LogP contribution in [0.25, 0.3) is 0 Å². The minimum Gasteiger partial charge on any atom is -0.394 e. The largest absolute Gasteiger partial charge is 0.394 e. The van der Waals surface area contributed by atoms with E-state index in [1.165, 1.54) is 121 Å². The molecule has 5 heteroatoms. The van der Waals surface area contributed by atoms with Gasteiger partial charge in [0.25, 0.3) is 0 Å². The van der Waals surface area contributed by atoms with Crippen molar-refractivity contribution in [3.63, 3.8) is 0 Å². The van der Waals surface area contributed by atoms with Crippen LogP contribution in [-0.4, -0.2) is 46.1 Å². The van der Waals surface area contributed by atoms with Crippen LogP contribution in [0.1, 0.15) is 181 Å². The van der Waals surface area contributed by atoms with Crippen LogP contribution in [0.2, 0.25) is 0 Å². The lowest BCUT2D eigenvalue weighted by Crippen LogP contribution is -2.48. The molecular formula is C37H71NO4. The number of rotatable bonds is 31. The van der Waals surface area contributed by atoms with Gasteiger partial charge in [0.05, 0.1) is 18.8 Å². The lowest BCUT2D eigenvalue weighted by atomic mass is 10.0. The Kier molecular flexibility index (Phi) is 30.4. The lowest BCUT2D eigenvalue weighted by Gasteiger charge is -2.21. The van der Waals surface area contributed by atoms with Crippen LogP contribution in [-0.2, 0) is 4.79 Å². The Balaban J connectivity index is 3.90. The molecule has 0 aliphatic carbocycles. The van der Waals surface area contributed by atoms with Gasteiger partial charge >= 0.3 is 0 Å². The summed E-state index contributed by atoms with van der Waals surface area (Å²) in [7, 11) is 0. The molecule has 0 aliphatic heterocycles. The number of carbonyl (C=O) groups excluding carboxylic acids is 1. The summed E-state index contributed by atoms with van der Waals surface area (Å²) >= 11 is 0. The molecule has 0 bridgehead atoms. The van der Waals surface area contributed by atoms with E-state index in [-0.39, 0.29) is 6.61 Å². The first kappa shape index (κ1) is 40.8. The standard InChI is InChI=1S/C37H71NO4/c1-4-6-8-10-12-13-14-15-16-17-18-20-22-26-31-36(41)37(42)38-34(32-39)35(40)30-27-23-25-29-33(3)28-24-21-19-11-9-7-5-2/h27,29-30,34-36,39-41H,4-26,28,31-32H2,1-3H3,(H,38,42)/b30-27+,33-29+. The molecule has 0 rings (SSSR count). The van der Waals surface area contributed by atoms with E-state index in [2.05, 4.69) is 32.2 Å². The minimum atomic E-state index is -1.10. The number of hydrogen-bond acceptors (Lipinski definition) is 4. The van der Waals surface area contributed by atoms with Gasteiger partial charge in [-0.3, -0.25) is 4.79 Å². The van der Waals surface area contributed by atoms with Crippen molar-refractivity contribution in [2.45, 2.75) is 200 Å². The normalized spacial score (nSPS) is 14.4. The molecule has 1 amide bonds. The number of aliphatic hydroxyl groups excluding tert-OH is 3. The van der Waals surface area contributed by atoms with Gasteiger partial charge in [0.1, 0.15) is 6.10 Å². The maximum atomic E-state index is 12.4. The van der Waals surface area contributed by atoms with Crippen molar-refractivity contribution in [2.75, 3.05) is 6.61 Å². The van der Waals surface area contributed by atoms with Crippen molar-refractivity contribution in [3.05, 3.63) is 23.8 Å². The van der Waals surface area contributed by atoms with Crippen LogP contribution in [0.15, 0.2) is 23.8 Å². The van der Waals surface area contributed by atoms with Crippen molar-refractivity contribution < 1.29 is 20.1 Å². The van der Waals surface area contributed by atoms with Crippen molar-refractivity contribution in [3.8, 4) is 0 Å². The number of hydrogen-bond donors (Lipinski definition) is 4. The van der Waals surface area contributed by atoms with Gasteiger partial charge in [0.2, 0.25) is 5.91 Å². The van der Waals surface area contributed by atoms with E-state index >= 15 is 0 Å². The highest BCUT2D eigenvalue weighted by Gasteiger charge is 2.22. The monoisotopic (exact) mass is 594 g/mol. The fraction of sp³-hybridized carbons (Fsp3) is 0.865. The quantitative estimate of drug-likeness (QED) is 0.0476. The summed E-state index contributed by atoms with van der Waals surface area (Å²) in [4.78, 5) is 12.4. The molecule has 42 heavy (non-hydrogen) atoms. The molecule has 4 N–H and O–H groups in total. The highest BCUT2D eigenvalue weighted by molar-refractivity contribution is 5.80. The summed E-state index contributed by atoms with van der Waals surface area (Å²) in [5, 5.41) is 33.0. The van der Waals surface area contributed by atoms with E-state index in [1.54, 1.807) is 6.08 Å². The second-order valence-electron chi connectivity index (χ2n) is 12.6. The van der Waals surface area contributed by atoms with Gasteiger partial charge < -0.3 is 20.6 Å². The highest BCUT2D eigenvalue weighted by atomic mass is 16.3. The van der Waals surface area contributed by atoms with Gasteiger partial charge in [-0.05, 0) is 39.0 Å². The Morgan fingerprint density at radius 1 is 0.667 bits per heavy atom. The topological polar surface area (TPSA) is 89.8 Å². The molecule has 248 valence electrons. The molecule has 0 saturated heterocycles. The lowest BCUT2D eigenvalue weighted by molar-refractivity contribution is -0.131. The Morgan fingerprint density at radius 2 is 1.12 bits per heavy atom. The second kappa shape index (κ2) is 31.3. The third-order valence-electron chi connectivity index (χ3n) is 8.40. The van der Waals surface area contributed by atoms with Crippen LogP contribution >= 0.6 is 0 Å². The Hall–Kier alpha value is -1.17. The molecule has 0 radical (unpaired) electrons. The summed E-state index contributed by atoms with van der Waals surface area (Å²) in [6, 6.07) is -0.811. The van der Waals surface area contributed by atoms with Crippen molar-refractivity contribution in [1.29, 1.82) is 0 Å². The van der Waals surface area contributed by atoms with Crippen molar-refractivity contribution >= 4 is 5.91 Å². The molecule has 0 fully saturated rings. The fourth-order valence-electron chi connectivity index (χ4n) is 5.44. The fourth-order valence-corrected chi connectivity index (χ4v) is 5.44. The van der Waals surface area contributed by atoms with E-state index < -0.39 is 24.2 Å². The number of allylic oxidation sites excluding steroid dienone is 3. The average Bonchev–Trinajstić information content (AvgIpc) is 2.98. The zero-order valence-corrected chi connectivity index (χ0v) is 28.1. The summed E-state index contributed by atoms with van der Waals surface area (Å²) in [5.41, 5.74) is 1.42. The Bertz CT molecular complexity index is 648. The van der Waals surface area contributed by atoms with E-state index in [9.17, 15) is 20.1 Å². The van der Waals surface area contributed by atoms with Crippen LogP contribution in [0.4, 0.5) is 0 Å². The van der Waals surface area contributed by atoms with Gasteiger partial charge in [-0.1, -0.05) is 166 Å². The predicted octanol–water partition coefficient (Wildman–Crippen LogP) is 9.48. The number of unbranched alkanes of at least 4 members (excludes halogenated alkanes) is 20. The van der Waals surface area contributed by atoms with Crippen LogP contribution in [0.5, 0.6) is 0 Å². The Morgan fingerprint density at radius 3 is 1.60 bits per heavy atom. The van der Waals surface area contributed by atoms with Gasteiger partial charge in [-0.2, -0.15) is 0 Å². The summed E-state index contributed by atoms with van der Waals surface area (Å²) in [6.07, 6.45) is 34.0. The van der Waals surface area contributed by atoms with Crippen molar-refractivity contribution in [2.24, 2.45) is 0 Å². The Labute approximate surface area is 261 Å². The van der Waals surface area contributed by atoms with E-state index in [0.717, 1.165) is 38.5 Å². The number of carbonyl (C=O) groups is 1. The van der Waals surface area contributed by atoms with Gasteiger partial charge in [0.15, 0.2) is 0 Å². The molecule has 0 aromatic carbocycles. The van der Waals surface area contributed by atoms with Crippen LogP contribution in [0.3, 0.4) is 0 Å². The summed E-state index contributed by atoms with van der Waals surface area (Å²) in [6.45, 7) is 6.33. The third kappa shape index (κ3) is 26.5. The van der Waals surface area contributed by atoms with Gasteiger partial charge in [-0.15, -0.1) is 0 Å². The molecule has 0 heterocycles. The first-order valence-corrected chi connectivity index (χ1v) is 18.1. The third-order valence-corrected chi connectivity index (χ3v) is 8.40. The SMILES string of the molecule is CCCCCCCCCCCCCCCCC(O)C(=O)NC(CO)C(O)/C=C/CC/C=C(\C)CCCCCCCCC. The van der Waals surface area contributed by atoms with E-state index in [4.69, 9.17) is 0 Å². The number of aliphatic hydroxyl groups is 3. The first-order valence-electron chi connectivity index (χ1n) is 18.1. The molecule has 0 spiro atoms. The molecule has 3 atom stereocenters. The van der Waals surface area contributed by atoms with E-state index in [0.29, 0.717) is 6.42 Å².